The molecular formula is C19H18N2O3. The van der Waals surface area contributed by atoms with Gasteiger partial charge >= 0.3 is 5.97 Å². The standard InChI is InChI=1S/C19H18N2O3/c1-2-3-13-17(22)24-20-18-15-11-7-8-12-16(15)21(19(18)23)14-9-5-4-6-10-14/h4-12H,2-3,13H2,1H3. The highest BCUT2D eigenvalue weighted by atomic mass is 16.7. The number of oxime groups is 1. The second kappa shape index (κ2) is 7.08. The summed E-state index contributed by atoms with van der Waals surface area (Å²) in [6, 6.07) is 16.7. The number of para-hydroxylation sites is 2. The van der Waals surface area contributed by atoms with Crippen molar-refractivity contribution in [3.63, 3.8) is 0 Å². The van der Waals surface area contributed by atoms with Crippen LogP contribution in [0.2, 0.25) is 0 Å². The first kappa shape index (κ1) is 15.9. The summed E-state index contributed by atoms with van der Waals surface area (Å²) in [4.78, 5) is 31.0. The third kappa shape index (κ3) is 3.06. The van der Waals surface area contributed by atoms with Crippen LogP contribution in [0.1, 0.15) is 31.7 Å². The van der Waals surface area contributed by atoms with Crippen molar-refractivity contribution in [3.05, 3.63) is 60.2 Å². The zero-order chi connectivity index (χ0) is 16.9. The number of nitrogens with zero attached hydrogens (tertiary/aromatic N) is 2. The van der Waals surface area contributed by atoms with Gasteiger partial charge in [-0.2, -0.15) is 0 Å². The van der Waals surface area contributed by atoms with Crippen LogP contribution >= 0.6 is 0 Å². The molecule has 0 aliphatic carbocycles. The highest BCUT2D eigenvalue weighted by Crippen LogP contribution is 2.35. The molecule has 122 valence electrons. The molecule has 5 nitrogen and oxygen atoms in total. The summed E-state index contributed by atoms with van der Waals surface area (Å²) in [5.41, 5.74) is 2.29. The summed E-state index contributed by atoms with van der Waals surface area (Å²) in [5, 5.41) is 3.85. The molecule has 24 heavy (non-hydrogen) atoms. The average molecular weight is 322 g/mol. The Morgan fingerprint density at radius 3 is 2.54 bits per heavy atom. The number of amides is 1. The third-order valence-corrected chi connectivity index (χ3v) is 3.79. The van der Waals surface area contributed by atoms with Gasteiger partial charge in [-0.1, -0.05) is 54.9 Å². The van der Waals surface area contributed by atoms with Crippen molar-refractivity contribution < 1.29 is 14.4 Å². The fraction of sp³-hybridized carbons (Fsp3) is 0.211. The Balaban J connectivity index is 1.92. The molecule has 0 unspecified atom stereocenters. The quantitative estimate of drug-likeness (QED) is 0.621. The number of carbonyl (C=O) groups excluding carboxylic acids is 2. The Morgan fingerprint density at radius 1 is 1.08 bits per heavy atom. The van der Waals surface area contributed by atoms with Crippen molar-refractivity contribution in [2.75, 3.05) is 4.90 Å². The molecule has 0 saturated carbocycles. The molecule has 0 radical (unpaired) electrons. The van der Waals surface area contributed by atoms with Crippen molar-refractivity contribution in [1.82, 2.24) is 0 Å². The first-order chi connectivity index (χ1) is 11.7. The molecule has 0 saturated heterocycles. The van der Waals surface area contributed by atoms with E-state index in [1.165, 1.54) is 0 Å². The molecule has 1 aliphatic heterocycles. The van der Waals surface area contributed by atoms with Crippen LogP contribution in [-0.2, 0) is 14.4 Å². The number of carbonyl (C=O) groups is 2. The summed E-state index contributed by atoms with van der Waals surface area (Å²) in [7, 11) is 0. The minimum atomic E-state index is -0.423. The fourth-order valence-electron chi connectivity index (χ4n) is 2.58. The summed E-state index contributed by atoms with van der Waals surface area (Å²) in [6.45, 7) is 1.99. The van der Waals surface area contributed by atoms with Crippen LogP contribution in [0.5, 0.6) is 0 Å². The summed E-state index contributed by atoms with van der Waals surface area (Å²) in [5.74, 6) is -0.724. The molecule has 0 bridgehead atoms. The predicted octanol–water partition coefficient (Wildman–Crippen LogP) is 3.80. The average Bonchev–Trinajstić information content (AvgIpc) is 2.90. The minimum absolute atomic E-state index is 0.152. The van der Waals surface area contributed by atoms with Gasteiger partial charge in [-0.3, -0.25) is 9.69 Å². The summed E-state index contributed by atoms with van der Waals surface area (Å²) < 4.78 is 0. The van der Waals surface area contributed by atoms with Gasteiger partial charge in [-0.15, -0.1) is 0 Å². The Bertz CT molecular complexity index is 784. The topological polar surface area (TPSA) is 59.0 Å². The number of unbranched alkanes of at least 4 members (excludes halogenated alkanes) is 1. The number of hydrogen-bond acceptors (Lipinski definition) is 4. The number of fused-ring (bicyclic) bond motifs is 1. The van der Waals surface area contributed by atoms with Gasteiger partial charge in [0.15, 0.2) is 5.71 Å². The van der Waals surface area contributed by atoms with Gasteiger partial charge in [0.2, 0.25) is 0 Å². The zero-order valence-corrected chi connectivity index (χ0v) is 13.4. The van der Waals surface area contributed by atoms with Gasteiger partial charge in [-0.05, 0) is 24.6 Å². The maximum atomic E-state index is 12.8. The fourth-order valence-corrected chi connectivity index (χ4v) is 2.58. The highest BCUT2D eigenvalue weighted by molar-refractivity contribution is 6.55. The molecule has 5 heteroatoms. The van der Waals surface area contributed by atoms with Gasteiger partial charge in [0.25, 0.3) is 5.91 Å². The smallest absolute Gasteiger partial charge is 0.317 e. The summed E-state index contributed by atoms with van der Waals surface area (Å²) in [6.07, 6.45) is 1.94. The van der Waals surface area contributed by atoms with Crippen molar-refractivity contribution in [2.24, 2.45) is 5.16 Å². The van der Waals surface area contributed by atoms with E-state index in [2.05, 4.69) is 5.16 Å². The van der Waals surface area contributed by atoms with Crippen molar-refractivity contribution >= 4 is 29.0 Å². The van der Waals surface area contributed by atoms with E-state index < -0.39 is 5.97 Å². The molecule has 0 N–H and O–H groups in total. The van der Waals surface area contributed by atoms with Crippen molar-refractivity contribution in [1.29, 1.82) is 0 Å². The van der Waals surface area contributed by atoms with Crippen molar-refractivity contribution in [3.8, 4) is 0 Å². The molecule has 0 spiro atoms. The maximum Gasteiger partial charge on any atom is 0.335 e. The number of hydrogen-bond donors (Lipinski definition) is 0. The van der Waals surface area contributed by atoms with Crippen LogP contribution in [0.4, 0.5) is 11.4 Å². The molecule has 1 heterocycles. The summed E-state index contributed by atoms with van der Waals surface area (Å²) >= 11 is 0. The van der Waals surface area contributed by atoms with Crippen molar-refractivity contribution in [2.45, 2.75) is 26.2 Å². The van der Waals surface area contributed by atoms with Crippen LogP contribution < -0.4 is 4.90 Å². The molecule has 0 fully saturated rings. The Morgan fingerprint density at radius 2 is 1.79 bits per heavy atom. The van der Waals surface area contributed by atoms with E-state index in [0.29, 0.717) is 12.0 Å². The Labute approximate surface area is 140 Å². The van der Waals surface area contributed by atoms with E-state index in [9.17, 15) is 9.59 Å². The second-order valence-electron chi connectivity index (χ2n) is 5.50. The Kier molecular flexibility index (Phi) is 4.70. The number of benzene rings is 2. The van der Waals surface area contributed by atoms with Crippen LogP contribution in [0, 0.1) is 0 Å². The SMILES string of the molecule is CCCCC(=O)ON=C1C(=O)N(c2ccccc2)c2ccccc21. The van der Waals surface area contributed by atoms with Gasteiger partial charge < -0.3 is 4.84 Å². The van der Waals surface area contributed by atoms with Crippen LogP contribution in [-0.4, -0.2) is 17.6 Å². The van der Waals surface area contributed by atoms with E-state index in [1.807, 2.05) is 55.5 Å². The van der Waals surface area contributed by atoms with Gasteiger partial charge in [0.1, 0.15) is 0 Å². The maximum absolute atomic E-state index is 12.8. The molecule has 1 amide bonds. The number of rotatable bonds is 5. The predicted molar refractivity (Wildman–Crippen MR) is 92.2 cm³/mol. The van der Waals surface area contributed by atoms with E-state index >= 15 is 0 Å². The lowest BCUT2D eigenvalue weighted by molar-refractivity contribution is -0.143. The first-order valence-electron chi connectivity index (χ1n) is 7.99. The Hall–Kier alpha value is -2.95. The largest absolute Gasteiger partial charge is 0.335 e. The molecule has 2 aromatic carbocycles. The van der Waals surface area contributed by atoms with Crippen LogP contribution in [0.15, 0.2) is 59.8 Å². The third-order valence-electron chi connectivity index (χ3n) is 3.79. The lowest BCUT2D eigenvalue weighted by Crippen LogP contribution is -2.25. The van der Waals surface area contributed by atoms with Gasteiger partial charge in [0, 0.05) is 17.7 Å². The highest BCUT2D eigenvalue weighted by Gasteiger charge is 2.35. The van der Waals surface area contributed by atoms with E-state index in [-0.39, 0.29) is 11.6 Å². The van der Waals surface area contributed by atoms with E-state index in [0.717, 1.165) is 24.2 Å². The van der Waals surface area contributed by atoms with Gasteiger partial charge in [0.05, 0.1) is 5.69 Å². The minimum Gasteiger partial charge on any atom is -0.317 e. The number of anilines is 2. The van der Waals surface area contributed by atoms with Gasteiger partial charge in [-0.25, -0.2) is 4.79 Å². The molecule has 1 aliphatic rings. The van der Waals surface area contributed by atoms with Crippen LogP contribution in [0.3, 0.4) is 0 Å². The second-order valence-corrected chi connectivity index (χ2v) is 5.50. The molecule has 3 rings (SSSR count). The zero-order valence-electron chi connectivity index (χ0n) is 13.4. The molecular weight excluding hydrogens is 304 g/mol. The monoisotopic (exact) mass is 322 g/mol. The lowest BCUT2D eigenvalue weighted by atomic mass is 10.1. The van der Waals surface area contributed by atoms with E-state index in [4.69, 9.17) is 4.84 Å². The van der Waals surface area contributed by atoms with E-state index in [1.54, 1.807) is 11.0 Å². The molecule has 0 aromatic heterocycles. The molecule has 2 aromatic rings. The molecule has 0 atom stereocenters. The first-order valence-corrected chi connectivity index (χ1v) is 7.99. The normalized spacial score (nSPS) is 14.8. The van der Waals surface area contributed by atoms with Crippen LogP contribution in [0.25, 0.3) is 0 Å². The lowest BCUT2D eigenvalue weighted by Gasteiger charge is -2.16.